The van der Waals surface area contributed by atoms with Gasteiger partial charge in [-0.1, -0.05) is 30.3 Å². The van der Waals surface area contributed by atoms with Crippen LogP contribution < -0.4 is 15.4 Å². The molecule has 3 rings (SSSR count). The number of rotatable bonds is 7. The van der Waals surface area contributed by atoms with Crippen molar-refractivity contribution < 1.29 is 14.3 Å². The highest BCUT2D eigenvalue weighted by atomic mass is 16.5. The molecule has 0 aliphatic heterocycles. The van der Waals surface area contributed by atoms with Gasteiger partial charge >= 0.3 is 0 Å². The molecule has 0 atom stereocenters. The second kappa shape index (κ2) is 8.15. The van der Waals surface area contributed by atoms with Gasteiger partial charge in [-0.3, -0.25) is 14.9 Å². The van der Waals surface area contributed by atoms with Gasteiger partial charge in [0.05, 0.1) is 17.6 Å². The third kappa shape index (κ3) is 4.18. The van der Waals surface area contributed by atoms with Crippen molar-refractivity contribution in [2.45, 2.75) is 13.5 Å². The quantitative estimate of drug-likeness (QED) is 0.683. The van der Waals surface area contributed by atoms with Crippen molar-refractivity contribution in [2.75, 3.05) is 18.5 Å². The van der Waals surface area contributed by atoms with E-state index in [0.29, 0.717) is 18.2 Å². The van der Waals surface area contributed by atoms with E-state index in [1.807, 2.05) is 54.0 Å². The molecule has 0 radical (unpaired) electrons. The molecule has 2 amide bonds. The van der Waals surface area contributed by atoms with Gasteiger partial charge in [0.1, 0.15) is 5.75 Å². The van der Waals surface area contributed by atoms with Crippen molar-refractivity contribution in [1.82, 2.24) is 14.9 Å². The number of carbonyl (C=O) groups excluding carboxylic acids is 2. The summed E-state index contributed by atoms with van der Waals surface area (Å²) in [6.45, 7) is 2.36. The van der Waals surface area contributed by atoms with E-state index in [1.54, 1.807) is 12.1 Å². The topological polar surface area (TPSA) is 85.2 Å². The number of amides is 2. The van der Waals surface area contributed by atoms with Gasteiger partial charge in [-0.25, -0.2) is 4.98 Å². The lowest BCUT2D eigenvalue weighted by atomic mass is 10.3. The van der Waals surface area contributed by atoms with Crippen LogP contribution in [0.15, 0.2) is 54.6 Å². The molecule has 26 heavy (non-hydrogen) atoms. The normalized spacial score (nSPS) is 10.5. The molecule has 134 valence electrons. The minimum absolute atomic E-state index is 0.148. The summed E-state index contributed by atoms with van der Waals surface area (Å²) in [7, 11) is 0. The number of nitrogens with one attached hydrogen (secondary N) is 2. The first-order valence-corrected chi connectivity index (χ1v) is 8.37. The minimum atomic E-state index is -0.368. The Hall–Kier alpha value is -3.35. The summed E-state index contributed by atoms with van der Waals surface area (Å²) in [5.74, 6) is 0.355. The van der Waals surface area contributed by atoms with Gasteiger partial charge in [0.25, 0.3) is 5.91 Å². The van der Waals surface area contributed by atoms with Gasteiger partial charge in [-0.05, 0) is 31.2 Å². The summed E-state index contributed by atoms with van der Waals surface area (Å²) < 4.78 is 7.24. The molecular weight excluding hydrogens is 332 g/mol. The minimum Gasteiger partial charge on any atom is -0.484 e. The summed E-state index contributed by atoms with van der Waals surface area (Å²) >= 11 is 0. The largest absolute Gasteiger partial charge is 0.484 e. The van der Waals surface area contributed by atoms with E-state index in [-0.39, 0.29) is 25.0 Å². The molecule has 0 aliphatic rings. The molecule has 7 heteroatoms. The third-order valence-corrected chi connectivity index (χ3v) is 3.78. The number of nitrogens with zero attached hydrogens (tertiary/aromatic N) is 2. The second-order valence-electron chi connectivity index (χ2n) is 5.60. The van der Waals surface area contributed by atoms with Crippen molar-refractivity contribution in [1.29, 1.82) is 0 Å². The van der Waals surface area contributed by atoms with E-state index >= 15 is 0 Å². The van der Waals surface area contributed by atoms with Crippen LogP contribution in [0.2, 0.25) is 0 Å². The van der Waals surface area contributed by atoms with Crippen LogP contribution >= 0.6 is 0 Å². The van der Waals surface area contributed by atoms with E-state index < -0.39 is 0 Å². The number of carbonyl (C=O) groups is 2. The lowest BCUT2D eigenvalue weighted by Crippen LogP contribution is -2.36. The molecule has 0 spiro atoms. The average molecular weight is 352 g/mol. The molecule has 2 N–H and O–H groups in total. The summed E-state index contributed by atoms with van der Waals surface area (Å²) in [5.41, 5.74) is 1.76. The number of fused-ring (bicyclic) bond motifs is 1. The number of para-hydroxylation sites is 3. The number of imidazole rings is 1. The van der Waals surface area contributed by atoms with Crippen molar-refractivity contribution in [3.05, 3.63) is 54.6 Å². The highest BCUT2D eigenvalue weighted by Crippen LogP contribution is 2.19. The molecule has 1 aromatic heterocycles. The zero-order valence-corrected chi connectivity index (χ0v) is 14.4. The summed E-state index contributed by atoms with van der Waals surface area (Å²) in [4.78, 5) is 28.3. The van der Waals surface area contributed by atoms with E-state index in [9.17, 15) is 9.59 Å². The number of aromatic nitrogens is 2. The first kappa shape index (κ1) is 17.5. The Morgan fingerprint density at radius 2 is 1.77 bits per heavy atom. The fraction of sp³-hybridized carbons (Fsp3) is 0.211. The average Bonchev–Trinajstić information content (AvgIpc) is 3.02. The maximum atomic E-state index is 12.1. The van der Waals surface area contributed by atoms with Gasteiger partial charge in [0, 0.05) is 6.54 Å². The zero-order valence-electron chi connectivity index (χ0n) is 14.4. The molecular formula is C19H20N4O3. The fourth-order valence-corrected chi connectivity index (χ4v) is 2.56. The van der Waals surface area contributed by atoms with E-state index in [4.69, 9.17) is 4.74 Å². The highest BCUT2D eigenvalue weighted by Gasteiger charge is 2.12. The van der Waals surface area contributed by atoms with Crippen molar-refractivity contribution in [2.24, 2.45) is 0 Å². The molecule has 0 fully saturated rings. The van der Waals surface area contributed by atoms with Crippen molar-refractivity contribution in [3.8, 4) is 5.75 Å². The molecule has 0 bridgehead atoms. The van der Waals surface area contributed by atoms with Crippen LogP contribution in [0.4, 0.5) is 5.95 Å². The predicted octanol–water partition coefficient (Wildman–Crippen LogP) is 2.19. The third-order valence-electron chi connectivity index (χ3n) is 3.78. The maximum absolute atomic E-state index is 12.1. The molecule has 2 aromatic carbocycles. The van der Waals surface area contributed by atoms with Crippen LogP contribution in [0, 0.1) is 0 Å². The first-order valence-electron chi connectivity index (χ1n) is 8.37. The molecule has 0 unspecified atom stereocenters. The lowest BCUT2D eigenvalue weighted by molar-refractivity contribution is -0.125. The standard InChI is InChI=1S/C19H20N4O3/c1-2-23-16-11-7-6-10-15(16)21-19(23)22-17(24)12-20-18(25)13-26-14-8-4-3-5-9-14/h3-11H,2,12-13H2,1H3,(H,20,25)(H,21,22,24). The predicted molar refractivity (Wildman–Crippen MR) is 99.0 cm³/mol. The van der Waals surface area contributed by atoms with E-state index in [1.165, 1.54) is 0 Å². The van der Waals surface area contributed by atoms with E-state index in [2.05, 4.69) is 15.6 Å². The van der Waals surface area contributed by atoms with Crippen LogP contribution in [0.3, 0.4) is 0 Å². The van der Waals surface area contributed by atoms with Gasteiger partial charge in [-0.2, -0.15) is 0 Å². The van der Waals surface area contributed by atoms with Crippen molar-refractivity contribution >= 4 is 28.8 Å². The molecule has 7 nitrogen and oxygen atoms in total. The van der Waals surface area contributed by atoms with Crippen LogP contribution in [-0.4, -0.2) is 34.5 Å². The van der Waals surface area contributed by atoms with Crippen LogP contribution in [0.25, 0.3) is 11.0 Å². The molecule has 0 saturated heterocycles. The summed E-state index contributed by atoms with van der Waals surface area (Å²) in [5, 5.41) is 5.27. The maximum Gasteiger partial charge on any atom is 0.258 e. The lowest BCUT2D eigenvalue weighted by Gasteiger charge is -2.09. The Balaban J connectivity index is 1.52. The number of anilines is 1. The Morgan fingerprint density at radius 3 is 2.54 bits per heavy atom. The highest BCUT2D eigenvalue weighted by molar-refractivity contribution is 5.95. The number of hydrogen-bond acceptors (Lipinski definition) is 4. The Labute approximate surface area is 151 Å². The molecule has 1 heterocycles. The van der Waals surface area contributed by atoms with E-state index in [0.717, 1.165) is 11.0 Å². The SMILES string of the molecule is CCn1c(NC(=O)CNC(=O)COc2ccccc2)nc2ccccc21. The van der Waals surface area contributed by atoms with Crippen molar-refractivity contribution in [3.63, 3.8) is 0 Å². The summed E-state index contributed by atoms with van der Waals surface area (Å²) in [6, 6.07) is 16.7. The van der Waals surface area contributed by atoms with Gasteiger partial charge < -0.3 is 14.6 Å². The smallest absolute Gasteiger partial charge is 0.258 e. The van der Waals surface area contributed by atoms with Crippen LogP contribution in [0.1, 0.15) is 6.92 Å². The molecule has 0 aliphatic carbocycles. The molecule has 3 aromatic rings. The zero-order chi connectivity index (χ0) is 18.4. The Morgan fingerprint density at radius 1 is 1.04 bits per heavy atom. The number of hydrogen-bond donors (Lipinski definition) is 2. The molecule has 0 saturated carbocycles. The van der Waals surface area contributed by atoms with Gasteiger partial charge in [-0.15, -0.1) is 0 Å². The summed E-state index contributed by atoms with van der Waals surface area (Å²) in [6.07, 6.45) is 0. The van der Waals surface area contributed by atoms with Crippen LogP contribution in [0.5, 0.6) is 5.75 Å². The number of aryl methyl sites for hydroxylation is 1. The Kier molecular flexibility index (Phi) is 5.48. The van der Waals surface area contributed by atoms with Gasteiger partial charge in [0.15, 0.2) is 6.61 Å². The number of benzene rings is 2. The van der Waals surface area contributed by atoms with Gasteiger partial charge in [0.2, 0.25) is 11.9 Å². The Bertz CT molecular complexity index is 906. The number of ether oxygens (including phenoxy) is 1. The monoisotopic (exact) mass is 352 g/mol. The second-order valence-corrected chi connectivity index (χ2v) is 5.60. The van der Waals surface area contributed by atoms with Crippen LogP contribution in [-0.2, 0) is 16.1 Å². The first-order chi connectivity index (χ1) is 12.7. The fourth-order valence-electron chi connectivity index (χ4n) is 2.56.